The van der Waals surface area contributed by atoms with Gasteiger partial charge in [-0.05, 0) is 36.4 Å². The molecule has 0 spiro atoms. The lowest BCUT2D eigenvalue weighted by molar-refractivity contribution is -0.130. The molecule has 2 aliphatic heterocycles. The maximum atomic E-state index is 13.1. The molecule has 0 unspecified atom stereocenters. The molecule has 0 saturated carbocycles. The summed E-state index contributed by atoms with van der Waals surface area (Å²) >= 11 is 0. The number of benzene rings is 2. The summed E-state index contributed by atoms with van der Waals surface area (Å²) in [7, 11) is -1.94. The summed E-state index contributed by atoms with van der Waals surface area (Å²) in [5.74, 6) is 0.512. The van der Waals surface area contributed by atoms with Crippen LogP contribution in [0.25, 0.3) is 0 Å². The van der Waals surface area contributed by atoms with Gasteiger partial charge in [0.2, 0.25) is 15.9 Å². The van der Waals surface area contributed by atoms with E-state index < -0.39 is 10.0 Å². The minimum atomic E-state index is -3.70. The molecule has 2 aromatic carbocycles. The fraction of sp³-hybridized carbons (Fsp3) is 0.381. The van der Waals surface area contributed by atoms with Crippen LogP contribution in [0.15, 0.2) is 47.4 Å². The minimum Gasteiger partial charge on any atom is -0.486 e. The van der Waals surface area contributed by atoms with E-state index in [1.54, 1.807) is 35.0 Å². The van der Waals surface area contributed by atoms with Crippen LogP contribution in [-0.4, -0.2) is 76.5 Å². The molecule has 2 aromatic rings. The first-order valence-corrected chi connectivity index (χ1v) is 11.4. The number of carbonyl (C=O) groups excluding carboxylic acids is 1. The fourth-order valence-corrected chi connectivity index (χ4v) is 5.04. The average molecular weight is 450 g/mol. The number of ether oxygens (including phenoxy) is 2. The molecule has 0 aliphatic carbocycles. The predicted molar refractivity (Wildman–Crippen MR) is 112 cm³/mol. The average Bonchev–Trinajstić information content (AvgIpc) is 2.79. The van der Waals surface area contributed by atoms with Crippen LogP contribution in [0.4, 0.5) is 10.1 Å². The van der Waals surface area contributed by atoms with Gasteiger partial charge in [-0.3, -0.25) is 4.79 Å². The van der Waals surface area contributed by atoms with Crippen LogP contribution < -0.4 is 14.4 Å². The molecule has 2 heterocycles. The second-order valence-electron chi connectivity index (χ2n) is 7.42. The molecule has 0 N–H and O–H groups in total. The van der Waals surface area contributed by atoms with E-state index in [9.17, 15) is 17.6 Å². The van der Waals surface area contributed by atoms with E-state index in [1.807, 2.05) is 0 Å². The summed E-state index contributed by atoms with van der Waals surface area (Å²) in [5, 5.41) is 0. The number of hydrogen-bond acceptors (Lipinski definition) is 6. The van der Waals surface area contributed by atoms with Crippen molar-refractivity contribution < 1.29 is 27.1 Å². The molecule has 4 rings (SSSR count). The van der Waals surface area contributed by atoms with Crippen LogP contribution in [0.3, 0.4) is 0 Å². The van der Waals surface area contributed by atoms with Crippen LogP contribution in [0.2, 0.25) is 0 Å². The topological polar surface area (TPSA) is 79.4 Å². The molecule has 166 valence electrons. The Bertz CT molecular complexity index is 1050. The molecule has 10 heteroatoms. The summed E-state index contributed by atoms with van der Waals surface area (Å²) in [6, 6.07) is 10.5. The van der Waals surface area contributed by atoms with Crippen LogP contribution in [0.1, 0.15) is 0 Å². The number of sulfonamides is 1. The number of amides is 1. The Labute approximate surface area is 180 Å². The number of likely N-dealkylation sites (N-methyl/N-ethyl adjacent to an activating group) is 1. The van der Waals surface area contributed by atoms with E-state index in [0.29, 0.717) is 37.8 Å². The monoisotopic (exact) mass is 449 g/mol. The van der Waals surface area contributed by atoms with Gasteiger partial charge >= 0.3 is 0 Å². The van der Waals surface area contributed by atoms with Crippen molar-refractivity contribution in [3.05, 3.63) is 48.3 Å². The number of nitrogens with zero attached hydrogens (tertiary/aromatic N) is 3. The zero-order valence-corrected chi connectivity index (χ0v) is 18.0. The van der Waals surface area contributed by atoms with Gasteiger partial charge in [0.25, 0.3) is 0 Å². The molecule has 1 saturated heterocycles. The highest BCUT2D eigenvalue weighted by Crippen LogP contribution is 2.33. The first-order chi connectivity index (χ1) is 14.8. The second-order valence-corrected chi connectivity index (χ2v) is 9.36. The number of hydrogen-bond donors (Lipinski definition) is 0. The van der Waals surface area contributed by atoms with Crippen molar-refractivity contribution in [2.24, 2.45) is 0 Å². The molecule has 0 bridgehead atoms. The van der Waals surface area contributed by atoms with Crippen molar-refractivity contribution in [2.45, 2.75) is 4.90 Å². The van der Waals surface area contributed by atoms with Gasteiger partial charge in [0.15, 0.2) is 11.5 Å². The third-order valence-electron chi connectivity index (χ3n) is 5.38. The number of fused-ring (bicyclic) bond motifs is 1. The van der Waals surface area contributed by atoms with Gasteiger partial charge in [-0.25, -0.2) is 12.8 Å². The Morgan fingerprint density at radius 1 is 1.00 bits per heavy atom. The van der Waals surface area contributed by atoms with Gasteiger partial charge in [-0.1, -0.05) is 0 Å². The molecule has 1 fully saturated rings. The van der Waals surface area contributed by atoms with Crippen molar-refractivity contribution in [3.63, 3.8) is 0 Å². The van der Waals surface area contributed by atoms with Gasteiger partial charge in [0.1, 0.15) is 19.0 Å². The zero-order valence-electron chi connectivity index (χ0n) is 17.2. The predicted octanol–water partition coefficient (Wildman–Crippen LogP) is 1.57. The lowest BCUT2D eigenvalue weighted by Crippen LogP contribution is -2.52. The number of halogens is 1. The van der Waals surface area contributed by atoms with E-state index in [-0.39, 0.29) is 36.3 Å². The minimum absolute atomic E-state index is 0.108. The molecule has 1 amide bonds. The van der Waals surface area contributed by atoms with Crippen LogP contribution in [-0.2, 0) is 14.8 Å². The third-order valence-corrected chi connectivity index (χ3v) is 7.28. The summed E-state index contributed by atoms with van der Waals surface area (Å²) in [5.41, 5.74) is 0.731. The largest absolute Gasteiger partial charge is 0.486 e. The summed E-state index contributed by atoms with van der Waals surface area (Å²) in [6.07, 6.45) is 0. The van der Waals surface area contributed by atoms with E-state index in [4.69, 9.17) is 9.47 Å². The van der Waals surface area contributed by atoms with Gasteiger partial charge in [-0.15, -0.1) is 0 Å². The number of piperazine rings is 1. The highest BCUT2D eigenvalue weighted by molar-refractivity contribution is 7.89. The molecule has 31 heavy (non-hydrogen) atoms. The maximum absolute atomic E-state index is 13.1. The van der Waals surface area contributed by atoms with Crippen LogP contribution in [0.5, 0.6) is 11.5 Å². The Morgan fingerprint density at radius 2 is 1.65 bits per heavy atom. The number of rotatable bonds is 5. The molecule has 0 atom stereocenters. The third kappa shape index (κ3) is 4.59. The van der Waals surface area contributed by atoms with Gasteiger partial charge in [0, 0.05) is 45.0 Å². The summed E-state index contributed by atoms with van der Waals surface area (Å²) < 4.78 is 51.5. The first kappa shape index (κ1) is 21.4. The molecule has 8 nitrogen and oxygen atoms in total. The smallest absolute Gasteiger partial charge is 0.243 e. The molecule has 0 aromatic heterocycles. The number of carbonyl (C=O) groups is 1. The summed E-state index contributed by atoms with van der Waals surface area (Å²) in [4.78, 5) is 16.2. The van der Waals surface area contributed by atoms with Crippen molar-refractivity contribution in [3.8, 4) is 11.5 Å². The van der Waals surface area contributed by atoms with Crippen molar-refractivity contribution in [2.75, 3.05) is 57.9 Å². The highest BCUT2D eigenvalue weighted by atomic mass is 32.2. The van der Waals surface area contributed by atoms with Gasteiger partial charge < -0.3 is 19.3 Å². The van der Waals surface area contributed by atoms with Crippen LogP contribution >= 0.6 is 0 Å². The van der Waals surface area contributed by atoms with E-state index >= 15 is 0 Å². The van der Waals surface area contributed by atoms with E-state index in [1.165, 1.54) is 28.6 Å². The SMILES string of the molecule is CN(CC(=O)N1CCN(S(=O)(=O)c2ccc3c(c2)OCCO3)CC1)c1ccc(F)cc1. The normalized spacial score (nSPS) is 16.8. The quantitative estimate of drug-likeness (QED) is 0.690. The van der Waals surface area contributed by atoms with Crippen molar-refractivity contribution in [1.82, 2.24) is 9.21 Å². The van der Waals surface area contributed by atoms with E-state index in [0.717, 1.165) is 5.69 Å². The zero-order chi connectivity index (χ0) is 22.0. The molecular formula is C21H24FN3O5S. The van der Waals surface area contributed by atoms with Crippen molar-refractivity contribution >= 4 is 21.6 Å². The van der Waals surface area contributed by atoms with E-state index in [2.05, 4.69) is 0 Å². The maximum Gasteiger partial charge on any atom is 0.243 e. The first-order valence-electron chi connectivity index (χ1n) is 9.99. The fourth-order valence-electron chi connectivity index (χ4n) is 3.60. The highest BCUT2D eigenvalue weighted by Gasteiger charge is 2.31. The lowest BCUT2D eigenvalue weighted by atomic mass is 10.3. The molecular weight excluding hydrogens is 425 g/mol. The Balaban J connectivity index is 1.36. The number of anilines is 1. The molecule has 2 aliphatic rings. The Hall–Kier alpha value is -2.85. The summed E-state index contributed by atoms with van der Waals surface area (Å²) in [6.45, 7) is 1.97. The standard InChI is InChI=1S/C21H24FN3O5S/c1-23(17-4-2-16(22)3-5-17)15-21(26)24-8-10-25(11-9-24)31(27,28)18-6-7-19-20(14-18)30-13-12-29-19/h2-7,14H,8-13,15H2,1H3. The van der Waals surface area contributed by atoms with Crippen LogP contribution in [0, 0.1) is 5.82 Å². The Kier molecular flexibility index (Phi) is 6.01. The molecule has 0 radical (unpaired) electrons. The Morgan fingerprint density at radius 3 is 2.32 bits per heavy atom. The lowest BCUT2D eigenvalue weighted by Gasteiger charge is -2.35. The van der Waals surface area contributed by atoms with Crippen molar-refractivity contribution in [1.29, 1.82) is 0 Å². The van der Waals surface area contributed by atoms with Gasteiger partial charge in [-0.2, -0.15) is 4.31 Å². The second kappa shape index (κ2) is 8.72. The van der Waals surface area contributed by atoms with Gasteiger partial charge in [0.05, 0.1) is 11.4 Å².